The van der Waals surface area contributed by atoms with E-state index in [0.29, 0.717) is 39.4 Å². The first-order valence-electron chi connectivity index (χ1n) is 18.1. The number of hydrazine groups is 1. The molecule has 1 saturated carbocycles. The predicted octanol–water partition coefficient (Wildman–Crippen LogP) is 8.59. The number of carbonyl (C=O) groups is 4. The van der Waals surface area contributed by atoms with Crippen molar-refractivity contribution in [2.24, 2.45) is 23.7 Å². The van der Waals surface area contributed by atoms with E-state index >= 15 is 4.79 Å². The van der Waals surface area contributed by atoms with Crippen molar-refractivity contribution in [3.8, 4) is 11.5 Å². The molecule has 3 fully saturated rings. The molecule has 2 heterocycles. The highest BCUT2D eigenvalue weighted by Crippen LogP contribution is 2.65. The van der Waals surface area contributed by atoms with Crippen LogP contribution in [-0.2, 0) is 36.9 Å². The highest BCUT2D eigenvalue weighted by Gasteiger charge is 2.70. The highest BCUT2D eigenvalue weighted by atomic mass is 35.5. The Hall–Kier alpha value is -5.83. The van der Waals surface area contributed by atoms with Gasteiger partial charge >= 0.3 is 12.4 Å². The van der Waals surface area contributed by atoms with E-state index in [1.54, 1.807) is 60.7 Å². The molecule has 4 aromatic rings. The van der Waals surface area contributed by atoms with Crippen LogP contribution in [0.3, 0.4) is 0 Å². The topological polar surface area (TPSA) is 116 Å². The largest absolute Gasteiger partial charge is 0.503 e. The first-order valence-corrected chi connectivity index (χ1v) is 18.5. The molecule has 2 saturated heterocycles. The number of carbonyl (C=O) groups excluding carboxylic acids is 4. The summed E-state index contributed by atoms with van der Waals surface area (Å²) in [7, 11) is 1.28. The molecule has 16 heteroatoms. The molecule has 300 valence electrons. The Kier molecular flexibility index (Phi) is 9.18. The zero-order valence-electron chi connectivity index (χ0n) is 30.5. The van der Waals surface area contributed by atoms with E-state index in [2.05, 4.69) is 5.43 Å². The Morgan fingerprint density at radius 1 is 0.828 bits per heavy atom. The van der Waals surface area contributed by atoms with E-state index in [-0.39, 0.29) is 29.7 Å². The van der Waals surface area contributed by atoms with Gasteiger partial charge in [0.25, 0.3) is 11.8 Å². The average molecular weight is 824 g/mol. The number of aryl methyl sites for hydroxylation is 1. The Labute approximate surface area is 331 Å². The van der Waals surface area contributed by atoms with Gasteiger partial charge in [-0.1, -0.05) is 71.3 Å². The number of methoxy groups -OCH3 is 1. The third kappa shape index (κ3) is 5.92. The van der Waals surface area contributed by atoms with E-state index in [0.717, 1.165) is 10.6 Å². The number of aromatic hydroxyl groups is 1. The summed E-state index contributed by atoms with van der Waals surface area (Å²) >= 11 is 6.56. The van der Waals surface area contributed by atoms with Gasteiger partial charge in [-0.05, 0) is 79.3 Å². The summed E-state index contributed by atoms with van der Waals surface area (Å²) in [5.74, 6) is -9.83. The number of hydrogen-bond donors (Lipinski definition) is 2. The molecule has 2 N–H and O–H groups in total. The molecule has 58 heavy (non-hydrogen) atoms. The molecule has 2 aliphatic carbocycles. The van der Waals surface area contributed by atoms with E-state index < -0.39 is 93.5 Å². The van der Waals surface area contributed by atoms with Gasteiger partial charge in [0, 0.05) is 5.92 Å². The third-order valence-electron chi connectivity index (χ3n) is 11.8. The lowest BCUT2D eigenvalue weighted by Crippen LogP contribution is -2.53. The number of fused-ring (bicyclic) bond motifs is 4. The molecule has 4 aromatic carbocycles. The standard InChI is InChI=1S/C42H32ClF6N3O6/c1-20-8-10-25(11-9-20)50-52-37(55)30-19-29-27(34(21-14-31(43)35(53)32(15-21)58-2)40(30,39(52)57)22-6-4-3-5-7-22)12-13-28-33(29)38(56)51(36(28)54)26-17-23(41(44,45)46)16-24(18-26)42(47,48)49/h3-12,14-18,28-30,33-34,50,53H,13,19H2,1-2H3. The van der Waals surface area contributed by atoms with E-state index in [1.807, 2.05) is 6.92 Å². The number of amides is 4. The highest BCUT2D eigenvalue weighted by molar-refractivity contribution is 6.32. The molecule has 6 atom stereocenters. The summed E-state index contributed by atoms with van der Waals surface area (Å²) < 4.78 is 89.0. The van der Waals surface area contributed by atoms with Crippen LogP contribution in [0.2, 0.25) is 5.02 Å². The molecule has 0 spiro atoms. The molecule has 0 aromatic heterocycles. The minimum absolute atomic E-state index is 0.0756. The summed E-state index contributed by atoms with van der Waals surface area (Å²) in [5.41, 5.74) is -0.644. The molecule has 0 radical (unpaired) electrons. The van der Waals surface area contributed by atoms with Crippen LogP contribution in [0.5, 0.6) is 11.5 Å². The number of halogens is 7. The number of rotatable bonds is 6. The Morgan fingerprint density at radius 3 is 2.07 bits per heavy atom. The van der Waals surface area contributed by atoms with Crippen molar-refractivity contribution in [3.05, 3.63) is 129 Å². The summed E-state index contributed by atoms with van der Waals surface area (Å²) in [4.78, 5) is 59.2. The summed E-state index contributed by atoms with van der Waals surface area (Å²) in [5, 5.41) is 11.5. The van der Waals surface area contributed by atoms with Gasteiger partial charge in [-0.3, -0.25) is 24.6 Å². The van der Waals surface area contributed by atoms with Crippen LogP contribution < -0.4 is 15.1 Å². The second-order valence-corrected chi connectivity index (χ2v) is 15.3. The van der Waals surface area contributed by atoms with Crippen molar-refractivity contribution in [1.82, 2.24) is 5.01 Å². The van der Waals surface area contributed by atoms with Crippen molar-refractivity contribution in [2.45, 2.75) is 43.5 Å². The van der Waals surface area contributed by atoms with Gasteiger partial charge in [-0.25, -0.2) is 4.90 Å². The van der Waals surface area contributed by atoms with Gasteiger partial charge in [0.2, 0.25) is 11.8 Å². The molecule has 2 aliphatic heterocycles. The fourth-order valence-electron chi connectivity index (χ4n) is 9.36. The second-order valence-electron chi connectivity index (χ2n) is 14.9. The molecule has 6 unspecified atom stereocenters. The number of alkyl halides is 6. The number of benzene rings is 4. The van der Waals surface area contributed by atoms with Gasteiger partial charge in [0.05, 0.1) is 57.8 Å². The van der Waals surface area contributed by atoms with E-state index in [4.69, 9.17) is 16.3 Å². The normalized spacial score (nSPS) is 25.7. The Balaban J connectivity index is 1.32. The van der Waals surface area contributed by atoms with Crippen molar-refractivity contribution in [3.63, 3.8) is 0 Å². The molecule has 0 bridgehead atoms. The van der Waals surface area contributed by atoms with Gasteiger partial charge < -0.3 is 9.84 Å². The molecular weight excluding hydrogens is 792 g/mol. The summed E-state index contributed by atoms with van der Waals surface area (Å²) in [6.07, 6.45) is -9.23. The maximum Gasteiger partial charge on any atom is 0.416 e. The fourth-order valence-corrected chi connectivity index (χ4v) is 9.58. The number of nitrogens with zero attached hydrogens (tertiary/aromatic N) is 2. The molecular formula is C42H32ClF6N3O6. The molecule has 4 amide bonds. The van der Waals surface area contributed by atoms with Crippen LogP contribution in [0.4, 0.5) is 37.7 Å². The predicted molar refractivity (Wildman–Crippen MR) is 197 cm³/mol. The number of imide groups is 2. The maximum atomic E-state index is 15.3. The van der Waals surface area contributed by atoms with Crippen LogP contribution in [0.1, 0.15) is 46.6 Å². The number of phenolic OH excluding ortho intramolecular Hbond substituents is 1. The van der Waals surface area contributed by atoms with Gasteiger partial charge in [0.15, 0.2) is 11.5 Å². The smallest absolute Gasteiger partial charge is 0.416 e. The minimum Gasteiger partial charge on any atom is -0.503 e. The van der Waals surface area contributed by atoms with E-state index in [9.17, 15) is 45.8 Å². The summed E-state index contributed by atoms with van der Waals surface area (Å²) in [6, 6.07) is 18.8. The number of allylic oxidation sites excluding steroid dienone is 2. The van der Waals surface area contributed by atoms with Crippen molar-refractivity contribution in [1.29, 1.82) is 0 Å². The zero-order valence-corrected chi connectivity index (χ0v) is 31.2. The van der Waals surface area contributed by atoms with Gasteiger partial charge in [-0.15, -0.1) is 0 Å². The van der Waals surface area contributed by atoms with Crippen molar-refractivity contribution < 1.29 is 55.4 Å². The third-order valence-corrected chi connectivity index (χ3v) is 12.1. The zero-order chi connectivity index (χ0) is 41.6. The monoisotopic (exact) mass is 823 g/mol. The van der Waals surface area contributed by atoms with Crippen LogP contribution in [0, 0.1) is 30.6 Å². The van der Waals surface area contributed by atoms with E-state index in [1.165, 1.54) is 19.2 Å². The molecule has 8 rings (SSSR count). The average Bonchev–Trinajstić information content (AvgIpc) is 3.56. The van der Waals surface area contributed by atoms with Gasteiger partial charge in [-0.2, -0.15) is 31.4 Å². The molecule has 9 nitrogen and oxygen atoms in total. The summed E-state index contributed by atoms with van der Waals surface area (Å²) in [6.45, 7) is 1.86. The fraction of sp³-hybridized carbons (Fsp3) is 0.286. The lowest BCUT2D eigenvalue weighted by atomic mass is 9.49. The van der Waals surface area contributed by atoms with Crippen LogP contribution in [0.25, 0.3) is 0 Å². The number of anilines is 2. The number of hydrogen-bond acceptors (Lipinski definition) is 7. The number of ether oxygens (including phenoxy) is 1. The SMILES string of the molecule is COc1cc(C2C3=CCC4C(=O)N(c5cc(C(F)(F)F)cc(C(F)(F)F)c5)C(=O)C4C3CC3C(=O)N(Nc4ccc(C)cc4)C(=O)C32c2ccccc2)cc(Cl)c1O. The number of phenols is 1. The van der Waals surface area contributed by atoms with Crippen LogP contribution in [-0.4, -0.2) is 40.9 Å². The minimum atomic E-state index is -5.25. The Bertz CT molecular complexity index is 2390. The molecule has 4 aliphatic rings. The van der Waals surface area contributed by atoms with Crippen LogP contribution >= 0.6 is 11.6 Å². The lowest BCUT2D eigenvalue weighted by Gasteiger charge is -2.50. The van der Waals surface area contributed by atoms with Crippen LogP contribution in [0.15, 0.2) is 96.6 Å². The first kappa shape index (κ1) is 39.0. The second kappa shape index (κ2) is 13.6. The number of nitrogens with one attached hydrogen (secondary N) is 1. The maximum absolute atomic E-state index is 15.3. The van der Waals surface area contributed by atoms with Crippen molar-refractivity contribution in [2.75, 3.05) is 17.4 Å². The van der Waals surface area contributed by atoms with Crippen molar-refractivity contribution >= 4 is 46.6 Å². The lowest BCUT2D eigenvalue weighted by molar-refractivity contribution is -0.143. The van der Waals surface area contributed by atoms with Gasteiger partial charge in [0.1, 0.15) is 0 Å². The Morgan fingerprint density at radius 2 is 1.47 bits per heavy atom. The quantitative estimate of drug-likeness (QED) is 0.114. The first-order chi connectivity index (χ1) is 27.4.